The molecule has 29 heavy (non-hydrogen) atoms. The van der Waals surface area contributed by atoms with Gasteiger partial charge < -0.3 is 14.4 Å². The Morgan fingerprint density at radius 3 is 2.66 bits per heavy atom. The summed E-state index contributed by atoms with van der Waals surface area (Å²) >= 11 is 0. The quantitative estimate of drug-likeness (QED) is 0.638. The smallest absolute Gasteiger partial charge is 0.178 e. The molecule has 154 valence electrons. The fraction of sp³-hybridized carbons (Fsp3) is 0.500. The molecule has 0 bridgehead atoms. The molecule has 1 saturated heterocycles. The molecule has 0 aromatic carbocycles. The summed E-state index contributed by atoms with van der Waals surface area (Å²) in [5.41, 5.74) is 5.87. The van der Waals surface area contributed by atoms with Crippen LogP contribution in [0.3, 0.4) is 0 Å². The third-order valence-electron chi connectivity index (χ3n) is 5.66. The fourth-order valence-electron chi connectivity index (χ4n) is 3.67. The van der Waals surface area contributed by atoms with Crippen LogP contribution in [0.2, 0.25) is 0 Å². The molecule has 1 aliphatic heterocycles. The van der Waals surface area contributed by atoms with E-state index < -0.39 is 0 Å². The first kappa shape index (κ1) is 19.8. The van der Waals surface area contributed by atoms with Crippen molar-refractivity contribution in [3.8, 4) is 11.3 Å². The van der Waals surface area contributed by atoms with Crippen molar-refractivity contribution in [1.29, 1.82) is 0 Å². The fourth-order valence-corrected chi connectivity index (χ4v) is 3.67. The Labute approximate surface area is 171 Å². The van der Waals surface area contributed by atoms with Crippen LogP contribution in [-0.4, -0.2) is 58.6 Å². The van der Waals surface area contributed by atoms with Crippen LogP contribution < -0.4 is 4.90 Å². The maximum absolute atomic E-state index is 5.51. The number of nitrogens with zero attached hydrogens (tertiary/aromatic N) is 5. The minimum Gasteiger partial charge on any atom is -0.379 e. The van der Waals surface area contributed by atoms with Crippen molar-refractivity contribution < 1.29 is 9.47 Å². The summed E-state index contributed by atoms with van der Waals surface area (Å²) in [6.07, 6.45) is 5.58. The largest absolute Gasteiger partial charge is 0.379 e. The van der Waals surface area contributed by atoms with Crippen LogP contribution in [0.5, 0.6) is 0 Å². The monoisotopic (exact) mass is 395 g/mol. The van der Waals surface area contributed by atoms with Crippen LogP contribution in [0, 0.1) is 6.92 Å². The van der Waals surface area contributed by atoms with Gasteiger partial charge in [0.05, 0.1) is 42.1 Å². The van der Waals surface area contributed by atoms with Gasteiger partial charge in [-0.3, -0.25) is 4.98 Å². The highest BCUT2D eigenvalue weighted by Gasteiger charge is 2.20. The summed E-state index contributed by atoms with van der Waals surface area (Å²) in [6, 6.07) is 6.24. The highest BCUT2D eigenvalue weighted by atomic mass is 16.5. The van der Waals surface area contributed by atoms with Gasteiger partial charge >= 0.3 is 0 Å². The molecule has 7 heteroatoms. The van der Waals surface area contributed by atoms with E-state index in [1.54, 1.807) is 7.11 Å². The van der Waals surface area contributed by atoms with Gasteiger partial charge in [0.1, 0.15) is 0 Å². The molecule has 0 aliphatic carbocycles. The number of hydrogen-bond acceptors (Lipinski definition) is 6. The van der Waals surface area contributed by atoms with E-state index in [4.69, 9.17) is 14.5 Å². The van der Waals surface area contributed by atoms with E-state index in [2.05, 4.69) is 41.0 Å². The minimum absolute atomic E-state index is 0.140. The lowest BCUT2D eigenvalue weighted by Gasteiger charge is -2.28. The molecule has 0 radical (unpaired) electrons. The second-order valence-corrected chi connectivity index (χ2v) is 8.10. The molecule has 0 spiro atoms. The molecule has 3 aromatic heterocycles. The van der Waals surface area contributed by atoms with Gasteiger partial charge in [-0.2, -0.15) is 5.10 Å². The number of aryl methyl sites for hydroxylation is 2. The molecule has 0 N–H and O–H groups in total. The summed E-state index contributed by atoms with van der Waals surface area (Å²) in [5, 5.41) is 4.59. The summed E-state index contributed by atoms with van der Waals surface area (Å²) in [6.45, 7) is 9.45. The second kappa shape index (κ2) is 8.08. The van der Waals surface area contributed by atoms with E-state index in [0.29, 0.717) is 0 Å². The number of pyridine rings is 1. The van der Waals surface area contributed by atoms with Gasteiger partial charge in [0.2, 0.25) is 0 Å². The molecule has 0 atom stereocenters. The Balaban J connectivity index is 1.63. The number of imidazole rings is 1. The zero-order chi connectivity index (χ0) is 20.4. The van der Waals surface area contributed by atoms with Gasteiger partial charge in [0.25, 0.3) is 0 Å². The summed E-state index contributed by atoms with van der Waals surface area (Å²) < 4.78 is 12.9. The van der Waals surface area contributed by atoms with Crippen LogP contribution in [-0.2, 0) is 15.9 Å². The topological polar surface area (TPSA) is 64.8 Å². The maximum Gasteiger partial charge on any atom is 0.178 e. The van der Waals surface area contributed by atoms with Crippen LogP contribution in [0.1, 0.15) is 31.7 Å². The highest BCUT2D eigenvalue weighted by molar-refractivity contribution is 5.75. The average Bonchev–Trinajstić information content (AvgIpc) is 3.09. The number of aromatic nitrogens is 4. The number of fused-ring (bicyclic) bond motifs is 1. The Hall–Kier alpha value is -2.51. The van der Waals surface area contributed by atoms with Crippen molar-refractivity contribution in [3.63, 3.8) is 0 Å². The van der Waals surface area contributed by atoms with Crippen LogP contribution in [0.25, 0.3) is 16.9 Å². The van der Waals surface area contributed by atoms with Crippen LogP contribution >= 0.6 is 0 Å². The molecule has 3 aromatic rings. The van der Waals surface area contributed by atoms with E-state index in [0.717, 1.165) is 73.1 Å². The van der Waals surface area contributed by atoms with Crippen molar-refractivity contribution in [1.82, 2.24) is 19.6 Å². The molecule has 0 unspecified atom stereocenters. The first-order valence-corrected chi connectivity index (χ1v) is 10.2. The zero-order valence-electron chi connectivity index (χ0n) is 17.7. The van der Waals surface area contributed by atoms with Crippen molar-refractivity contribution in [3.05, 3.63) is 42.0 Å². The summed E-state index contributed by atoms with van der Waals surface area (Å²) in [5.74, 6) is 0. The lowest BCUT2D eigenvalue weighted by atomic mass is 10.0. The first-order chi connectivity index (χ1) is 14.0. The third-order valence-corrected chi connectivity index (χ3v) is 5.66. The van der Waals surface area contributed by atoms with Crippen molar-refractivity contribution >= 4 is 11.3 Å². The molecule has 1 aliphatic rings. The van der Waals surface area contributed by atoms with Crippen molar-refractivity contribution in [2.45, 2.75) is 39.2 Å². The number of anilines is 1. The molecular weight excluding hydrogens is 366 g/mol. The lowest BCUT2D eigenvalue weighted by molar-refractivity contribution is 0.0156. The highest BCUT2D eigenvalue weighted by Crippen LogP contribution is 2.29. The molecule has 0 saturated carbocycles. The van der Waals surface area contributed by atoms with Gasteiger partial charge in [-0.1, -0.05) is 0 Å². The van der Waals surface area contributed by atoms with Crippen LogP contribution in [0.4, 0.5) is 5.69 Å². The van der Waals surface area contributed by atoms with Gasteiger partial charge in [-0.25, -0.2) is 9.50 Å². The number of rotatable bonds is 6. The normalized spacial score (nSPS) is 15.2. The number of methoxy groups -OCH3 is 1. The molecule has 4 heterocycles. The van der Waals surface area contributed by atoms with E-state index >= 15 is 0 Å². The Bertz CT molecular complexity index is 975. The van der Waals surface area contributed by atoms with Crippen molar-refractivity contribution in [2.75, 3.05) is 38.3 Å². The zero-order valence-corrected chi connectivity index (χ0v) is 17.7. The lowest BCUT2D eigenvalue weighted by Crippen LogP contribution is -2.36. The minimum atomic E-state index is -0.140. The van der Waals surface area contributed by atoms with Gasteiger partial charge in [0.15, 0.2) is 5.65 Å². The molecule has 1 fully saturated rings. The molecule has 7 nitrogen and oxygen atoms in total. The predicted octanol–water partition coefficient (Wildman–Crippen LogP) is 3.29. The third kappa shape index (κ3) is 4.11. The Morgan fingerprint density at radius 1 is 1.17 bits per heavy atom. The predicted molar refractivity (Wildman–Crippen MR) is 113 cm³/mol. The Kier molecular flexibility index (Phi) is 5.52. The number of morpholine rings is 1. The van der Waals surface area contributed by atoms with Gasteiger partial charge in [-0.05, 0) is 51.8 Å². The molecular formula is C22H29N5O2. The maximum atomic E-state index is 5.51. The Morgan fingerprint density at radius 2 is 1.97 bits per heavy atom. The summed E-state index contributed by atoms with van der Waals surface area (Å²) in [4.78, 5) is 11.8. The molecule has 0 amide bonds. The van der Waals surface area contributed by atoms with Gasteiger partial charge in [0, 0.05) is 37.7 Å². The van der Waals surface area contributed by atoms with E-state index in [-0.39, 0.29) is 5.60 Å². The average molecular weight is 396 g/mol. The molecule has 4 rings (SSSR count). The standard InChI is InChI=1S/C22H29N5O2/c1-16-20(17-5-6-18(23-15-17)7-9-22(2,3)28-4)27-21(25-16)19(8-10-24-27)26-11-13-29-14-12-26/h5-6,8,10,15H,7,9,11-14H2,1-4H3. The van der Waals surface area contributed by atoms with E-state index in [9.17, 15) is 0 Å². The van der Waals surface area contributed by atoms with Crippen molar-refractivity contribution in [2.24, 2.45) is 0 Å². The van der Waals surface area contributed by atoms with E-state index in [1.807, 2.05) is 29.9 Å². The number of ether oxygens (including phenoxy) is 2. The van der Waals surface area contributed by atoms with Gasteiger partial charge in [-0.15, -0.1) is 0 Å². The summed E-state index contributed by atoms with van der Waals surface area (Å²) in [7, 11) is 1.75. The first-order valence-electron chi connectivity index (χ1n) is 10.2. The van der Waals surface area contributed by atoms with E-state index in [1.165, 1.54) is 0 Å². The SMILES string of the molecule is COC(C)(C)CCc1ccc(-c2c(C)nc3c(N4CCOCC4)ccnn23)cn1. The second-order valence-electron chi connectivity index (χ2n) is 8.10. The number of hydrogen-bond donors (Lipinski definition) is 0. The van der Waals surface area contributed by atoms with Crippen LogP contribution in [0.15, 0.2) is 30.6 Å².